The van der Waals surface area contributed by atoms with E-state index in [1.165, 1.54) is 6.20 Å². The second-order valence-corrected chi connectivity index (χ2v) is 4.35. The minimum Gasteiger partial charge on any atom is -0.336 e. The van der Waals surface area contributed by atoms with E-state index < -0.39 is 23.6 Å². The molecule has 1 heterocycles. The van der Waals surface area contributed by atoms with Crippen LogP contribution >= 0.6 is 0 Å². The third kappa shape index (κ3) is 2.67. The maximum atomic E-state index is 13.9. The van der Waals surface area contributed by atoms with E-state index in [4.69, 9.17) is 0 Å². The summed E-state index contributed by atoms with van der Waals surface area (Å²) in [5, 5.41) is 2.79. The van der Waals surface area contributed by atoms with Crippen LogP contribution in [0.1, 0.15) is 23.0 Å². The molecule has 0 aliphatic heterocycles. The smallest absolute Gasteiger partial charge is 0.336 e. The number of hydrogen-bond donors (Lipinski definition) is 1. The summed E-state index contributed by atoms with van der Waals surface area (Å²) in [5.41, 5.74) is -0.972. The monoisotopic (exact) mass is 287 g/mol. The summed E-state index contributed by atoms with van der Waals surface area (Å²) in [6.45, 7) is 0. The number of rotatable bonds is 3. The standard InChI is InChI=1S/C13H13F4N3/c1-18-11(12-19-5-6-20(12)2)9-7-8(13(15,16)17)3-4-10(9)14/h3-7,11,18H,1-2H3. The van der Waals surface area contributed by atoms with Gasteiger partial charge in [-0.25, -0.2) is 9.37 Å². The molecule has 1 atom stereocenters. The molecule has 0 spiro atoms. The first-order valence-electron chi connectivity index (χ1n) is 5.85. The van der Waals surface area contributed by atoms with Crippen LogP contribution in [0.15, 0.2) is 30.6 Å². The summed E-state index contributed by atoms with van der Waals surface area (Å²) in [6, 6.07) is 1.61. The largest absolute Gasteiger partial charge is 0.416 e. The summed E-state index contributed by atoms with van der Waals surface area (Å²) in [4.78, 5) is 4.05. The Bertz CT molecular complexity index is 604. The Balaban J connectivity index is 2.52. The van der Waals surface area contributed by atoms with Gasteiger partial charge in [0.25, 0.3) is 0 Å². The van der Waals surface area contributed by atoms with Gasteiger partial charge in [-0.05, 0) is 25.2 Å². The minimum absolute atomic E-state index is 0.0865. The van der Waals surface area contributed by atoms with Crippen molar-refractivity contribution in [3.63, 3.8) is 0 Å². The highest BCUT2D eigenvalue weighted by Crippen LogP contribution is 2.33. The summed E-state index contributed by atoms with van der Waals surface area (Å²) in [5.74, 6) is -0.272. The third-order valence-corrected chi connectivity index (χ3v) is 3.04. The van der Waals surface area contributed by atoms with Gasteiger partial charge in [0, 0.05) is 25.0 Å². The average molecular weight is 287 g/mol. The second-order valence-electron chi connectivity index (χ2n) is 4.35. The predicted octanol–water partition coefficient (Wildman–Crippen LogP) is 2.89. The minimum atomic E-state index is -4.51. The summed E-state index contributed by atoms with van der Waals surface area (Å²) >= 11 is 0. The lowest BCUT2D eigenvalue weighted by molar-refractivity contribution is -0.137. The number of alkyl halides is 3. The lowest BCUT2D eigenvalue weighted by atomic mass is 10.0. The molecule has 1 aromatic heterocycles. The Morgan fingerprint density at radius 1 is 1.30 bits per heavy atom. The van der Waals surface area contributed by atoms with Crippen LogP contribution in [-0.2, 0) is 13.2 Å². The van der Waals surface area contributed by atoms with Crippen molar-refractivity contribution in [1.82, 2.24) is 14.9 Å². The van der Waals surface area contributed by atoms with Crippen LogP contribution in [-0.4, -0.2) is 16.6 Å². The fourth-order valence-corrected chi connectivity index (χ4v) is 2.02. The molecule has 2 rings (SSSR count). The van der Waals surface area contributed by atoms with E-state index in [0.29, 0.717) is 5.82 Å². The molecule has 0 saturated heterocycles. The Morgan fingerprint density at radius 3 is 2.50 bits per heavy atom. The van der Waals surface area contributed by atoms with E-state index in [1.807, 2.05) is 0 Å². The third-order valence-electron chi connectivity index (χ3n) is 3.04. The highest BCUT2D eigenvalue weighted by atomic mass is 19.4. The molecule has 3 nitrogen and oxygen atoms in total. The summed E-state index contributed by atoms with van der Waals surface area (Å²) in [7, 11) is 3.23. The number of aromatic nitrogens is 2. The van der Waals surface area contributed by atoms with Gasteiger partial charge in [0.15, 0.2) is 0 Å². The molecule has 1 N–H and O–H groups in total. The van der Waals surface area contributed by atoms with Crippen molar-refractivity contribution in [2.24, 2.45) is 7.05 Å². The average Bonchev–Trinajstić information content (AvgIpc) is 2.78. The van der Waals surface area contributed by atoms with Crippen LogP contribution in [0.25, 0.3) is 0 Å². The zero-order chi connectivity index (χ0) is 14.9. The van der Waals surface area contributed by atoms with Gasteiger partial charge >= 0.3 is 6.18 Å². The maximum absolute atomic E-state index is 13.9. The second kappa shape index (κ2) is 5.24. The summed E-state index contributed by atoms with van der Waals surface area (Å²) < 4.78 is 53.7. The molecule has 1 aromatic carbocycles. The Kier molecular flexibility index (Phi) is 3.80. The molecule has 1 unspecified atom stereocenters. The van der Waals surface area contributed by atoms with E-state index in [-0.39, 0.29) is 5.56 Å². The quantitative estimate of drug-likeness (QED) is 0.880. The topological polar surface area (TPSA) is 29.9 Å². The first kappa shape index (κ1) is 14.5. The molecular formula is C13H13F4N3. The molecule has 2 aromatic rings. The van der Waals surface area contributed by atoms with Crippen molar-refractivity contribution < 1.29 is 17.6 Å². The molecule has 0 saturated carbocycles. The first-order chi connectivity index (χ1) is 9.34. The Hall–Kier alpha value is -1.89. The number of benzene rings is 1. The Morgan fingerprint density at radius 2 is 2.00 bits per heavy atom. The number of nitrogens with one attached hydrogen (secondary N) is 1. The maximum Gasteiger partial charge on any atom is 0.416 e. The molecule has 0 bridgehead atoms. The number of halogens is 4. The highest BCUT2D eigenvalue weighted by molar-refractivity contribution is 5.32. The van der Waals surface area contributed by atoms with Gasteiger partial charge in [-0.15, -0.1) is 0 Å². The molecule has 108 valence electrons. The molecule has 0 radical (unpaired) electrons. The zero-order valence-corrected chi connectivity index (χ0v) is 10.9. The van der Waals surface area contributed by atoms with E-state index in [9.17, 15) is 17.6 Å². The van der Waals surface area contributed by atoms with Gasteiger partial charge in [-0.3, -0.25) is 0 Å². The van der Waals surface area contributed by atoms with Crippen LogP contribution < -0.4 is 5.32 Å². The van der Waals surface area contributed by atoms with Crippen LogP contribution in [0.5, 0.6) is 0 Å². The van der Waals surface area contributed by atoms with Gasteiger partial charge in [-0.2, -0.15) is 13.2 Å². The van der Waals surface area contributed by atoms with Gasteiger partial charge in [0.1, 0.15) is 11.6 Å². The van der Waals surface area contributed by atoms with Crippen molar-refractivity contribution in [3.05, 3.63) is 53.4 Å². The van der Waals surface area contributed by atoms with E-state index in [2.05, 4.69) is 10.3 Å². The lowest BCUT2D eigenvalue weighted by Crippen LogP contribution is -2.23. The SMILES string of the molecule is CNC(c1cc(C(F)(F)F)ccc1F)c1nccn1C. The fraction of sp³-hybridized carbons (Fsp3) is 0.308. The van der Waals surface area contributed by atoms with E-state index >= 15 is 0 Å². The van der Waals surface area contributed by atoms with Gasteiger partial charge in [-0.1, -0.05) is 0 Å². The van der Waals surface area contributed by atoms with Gasteiger partial charge < -0.3 is 9.88 Å². The van der Waals surface area contributed by atoms with Gasteiger partial charge in [0.2, 0.25) is 0 Å². The van der Waals surface area contributed by atoms with Crippen LogP contribution in [0, 0.1) is 5.82 Å². The summed E-state index contributed by atoms with van der Waals surface area (Å²) in [6.07, 6.45) is -1.36. The van der Waals surface area contributed by atoms with Crippen molar-refractivity contribution >= 4 is 0 Å². The molecule has 0 aliphatic carbocycles. The van der Waals surface area contributed by atoms with E-state index in [0.717, 1.165) is 18.2 Å². The molecule has 7 heteroatoms. The van der Waals surface area contributed by atoms with E-state index in [1.54, 1.807) is 24.9 Å². The number of imidazole rings is 1. The van der Waals surface area contributed by atoms with Crippen LogP contribution in [0.2, 0.25) is 0 Å². The number of aryl methyl sites for hydroxylation is 1. The van der Waals surface area contributed by atoms with Gasteiger partial charge in [0.05, 0.1) is 11.6 Å². The number of nitrogens with zero attached hydrogens (tertiary/aromatic N) is 2. The molecular weight excluding hydrogens is 274 g/mol. The zero-order valence-electron chi connectivity index (χ0n) is 10.9. The normalized spacial score (nSPS) is 13.5. The van der Waals surface area contributed by atoms with Crippen LogP contribution in [0.4, 0.5) is 17.6 Å². The molecule has 0 aliphatic rings. The van der Waals surface area contributed by atoms with Crippen molar-refractivity contribution in [2.75, 3.05) is 7.05 Å². The molecule has 0 fully saturated rings. The van der Waals surface area contributed by atoms with Crippen molar-refractivity contribution in [3.8, 4) is 0 Å². The van der Waals surface area contributed by atoms with Crippen molar-refractivity contribution in [1.29, 1.82) is 0 Å². The molecule has 20 heavy (non-hydrogen) atoms. The Labute approximate surface area is 113 Å². The van der Waals surface area contributed by atoms with Crippen LogP contribution in [0.3, 0.4) is 0 Å². The highest BCUT2D eigenvalue weighted by Gasteiger charge is 2.32. The predicted molar refractivity (Wildman–Crippen MR) is 65.5 cm³/mol. The fourth-order valence-electron chi connectivity index (χ4n) is 2.02. The van der Waals surface area contributed by atoms with Crippen molar-refractivity contribution in [2.45, 2.75) is 12.2 Å². The lowest BCUT2D eigenvalue weighted by Gasteiger charge is -2.18. The molecule has 0 amide bonds. The number of hydrogen-bond acceptors (Lipinski definition) is 2. The first-order valence-corrected chi connectivity index (χ1v) is 5.85.